The summed E-state index contributed by atoms with van der Waals surface area (Å²) in [6, 6.07) is -0.814. The molecule has 8 heteroatoms. The average Bonchev–Trinajstić information content (AvgIpc) is 2.29. The van der Waals surface area contributed by atoms with Crippen LogP contribution in [0.25, 0.3) is 0 Å². The quantitative estimate of drug-likeness (QED) is 0.564. The number of alkyl halides is 1. The van der Waals surface area contributed by atoms with Crippen molar-refractivity contribution in [3.63, 3.8) is 0 Å². The van der Waals surface area contributed by atoms with E-state index in [2.05, 4.69) is 15.9 Å². The van der Waals surface area contributed by atoms with Gasteiger partial charge in [-0.1, -0.05) is 29.8 Å². The second-order valence-electron chi connectivity index (χ2n) is 3.27. The van der Waals surface area contributed by atoms with Crippen LogP contribution in [0.3, 0.4) is 0 Å². The predicted octanol–water partition coefficient (Wildman–Crippen LogP) is 2.50. The number of nitrogens with two attached hydrogens (primary N) is 1. The molecule has 0 rings (SSSR count). The lowest BCUT2D eigenvalue weighted by Gasteiger charge is -2.21. The van der Waals surface area contributed by atoms with E-state index in [4.69, 9.17) is 10.5 Å². The molecule has 19 heavy (non-hydrogen) atoms. The van der Waals surface area contributed by atoms with Gasteiger partial charge in [0.25, 0.3) is 0 Å². The number of halogens is 1. The van der Waals surface area contributed by atoms with Crippen LogP contribution >= 0.6 is 15.9 Å². The van der Waals surface area contributed by atoms with Crippen molar-refractivity contribution in [2.45, 2.75) is 44.9 Å². The van der Waals surface area contributed by atoms with Crippen molar-refractivity contribution in [2.24, 2.45) is 5.73 Å². The molecule has 0 heterocycles. The van der Waals surface area contributed by atoms with Crippen LogP contribution in [-0.4, -0.2) is 29.5 Å². The minimum absolute atomic E-state index is 0. The van der Waals surface area contributed by atoms with Gasteiger partial charge in [0.15, 0.2) is 0 Å². The summed E-state index contributed by atoms with van der Waals surface area (Å²) in [5, 5.41) is 2.04. The molecular weight excluding hydrogens is 316 g/mol. The molecule has 0 aliphatic carbocycles. The molecule has 0 aromatic rings. The number of hydrogen-bond donors (Lipinski definition) is 4. The monoisotopic (exact) mass is 344 g/mol. The second kappa shape index (κ2) is 15.4. The van der Waals surface area contributed by atoms with Crippen LogP contribution in [-0.2, 0) is 9.53 Å². The van der Waals surface area contributed by atoms with Crippen LogP contribution in [0.2, 0.25) is 0 Å². The van der Waals surface area contributed by atoms with Gasteiger partial charge in [-0.3, -0.25) is 10.1 Å². The summed E-state index contributed by atoms with van der Waals surface area (Å²) in [5.74, 6) is -0.375. The van der Waals surface area contributed by atoms with E-state index in [1.807, 2.05) is 33.0 Å². The van der Waals surface area contributed by atoms with Crippen LogP contribution in [0.15, 0.2) is 0 Å². The van der Waals surface area contributed by atoms with Crippen molar-refractivity contribution in [3.05, 3.63) is 0 Å². The number of carbonyl (C=O) groups excluding carboxylic acids is 2. The van der Waals surface area contributed by atoms with Crippen molar-refractivity contribution >= 4 is 27.9 Å². The molecule has 9 N–H and O–H groups in total. The molecule has 0 aromatic carbocycles. The Balaban J connectivity index is -0.000000139. The summed E-state index contributed by atoms with van der Waals surface area (Å²) >= 11 is 3.26. The number of ether oxygens (including phenoxy) is 1. The molecule has 0 bridgehead atoms. The number of rotatable bonds is 5. The van der Waals surface area contributed by atoms with Crippen molar-refractivity contribution in [2.75, 3.05) is 13.2 Å². The maximum Gasteiger partial charge on any atom is 0.318 e. The number of urea groups is 1. The molecule has 0 aliphatic heterocycles. The van der Waals surface area contributed by atoms with Gasteiger partial charge in [0.05, 0.1) is 0 Å². The lowest BCUT2D eigenvalue weighted by molar-refractivity contribution is -0.122. The molecule has 0 atom stereocenters. The SMILES string of the molecule is CCC(Br)(CC)C(=O)NC(N)=O.CCOCC.N.N. The van der Waals surface area contributed by atoms with Gasteiger partial charge in [-0.25, -0.2) is 4.79 Å². The van der Waals surface area contributed by atoms with Crippen molar-refractivity contribution in [1.29, 1.82) is 0 Å². The van der Waals surface area contributed by atoms with E-state index in [9.17, 15) is 9.59 Å². The van der Waals surface area contributed by atoms with Gasteiger partial charge in [-0.15, -0.1) is 0 Å². The Hall–Kier alpha value is -0.700. The summed E-state index contributed by atoms with van der Waals surface area (Å²) in [6.07, 6.45) is 1.23. The van der Waals surface area contributed by atoms with Crippen LogP contribution in [0.5, 0.6) is 0 Å². The Labute approximate surface area is 124 Å². The van der Waals surface area contributed by atoms with Gasteiger partial charge in [-0.05, 0) is 26.7 Å². The number of primary amides is 1. The fourth-order valence-electron chi connectivity index (χ4n) is 0.999. The summed E-state index contributed by atoms with van der Waals surface area (Å²) in [5.41, 5.74) is 4.81. The third kappa shape index (κ3) is 13.5. The summed E-state index contributed by atoms with van der Waals surface area (Å²) in [6.45, 7) is 9.39. The van der Waals surface area contributed by atoms with E-state index < -0.39 is 10.4 Å². The summed E-state index contributed by atoms with van der Waals surface area (Å²) in [4.78, 5) is 21.6. The van der Waals surface area contributed by atoms with Gasteiger partial charge in [-0.2, -0.15) is 0 Å². The molecule has 0 saturated heterocycles. The third-order valence-corrected chi connectivity index (χ3v) is 3.65. The van der Waals surface area contributed by atoms with Gasteiger partial charge in [0.1, 0.15) is 4.32 Å². The van der Waals surface area contributed by atoms with E-state index in [0.717, 1.165) is 13.2 Å². The number of amides is 3. The van der Waals surface area contributed by atoms with E-state index in [-0.39, 0.29) is 18.2 Å². The van der Waals surface area contributed by atoms with Crippen molar-refractivity contribution < 1.29 is 14.3 Å². The number of nitrogens with one attached hydrogen (secondary N) is 1. The van der Waals surface area contributed by atoms with E-state index >= 15 is 0 Å². The zero-order valence-electron chi connectivity index (χ0n) is 12.4. The first-order valence-electron chi connectivity index (χ1n) is 5.75. The number of carbonyl (C=O) groups is 2. The highest BCUT2D eigenvalue weighted by Crippen LogP contribution is 2.26. The topological polar surface area (TPSA) is 151 Å². The molecule has 0 aliphatic rings. The summed E-state index contributed by atoms with van der Waals surface area (Å²) in [7, 11) is 0. The number of hydrogen-bond acceptors (Lipinski definition) is 5. The molecule has 118 valence electrons. The lowest BCUT2D eigenvalue weighted by Crippen LogP contribution is -2.46. The molecule has 0 unspecified atom stereocenters. The second-order valence-corrected chi connectivity index (χ2v) is 4.79. The smallest absolute Gasteiger partial charge is 0.318 e. The van der Waals surface area contributed by atoms with Gasteiger partial charge < -0.3 is 22.8 Å². The first kappa shape index (κ1) is 26.8. The maximum atomic E-state index is 11.3. The maximum absolute atomic E-state index is 11.3. The Morgan fingerprint density at radius 2 is 1.47 bits per heavy atom. The first-order valence-corrected chi connectivity index (χ1v) is 6.54. The summed E-state index contributed by atoms with van der Waals surface area (Å²) < 4.78 is 4.17. The zero-order chi connectivity index (χ0) is 13.9. The molecule has 0 radical (unpaired) electrons. The lowest BCUT2D eigenvalue weighted by atomic mass is 10.0. The van der Waals surface area contributed by atoms with Crippen LogP contribution in [0.4, 0.5) is 4.79 Å². The highest BCUT2D eigenvalue weighted by molar-refractivity contribution is 9.10. The van der Waals surface area contributed by atoms with Crippen LogP contribution < -0.4 is 23.4 Å². The average molecular weight is 345 g/mol. The van der Waals surface area contributed by atoms with Crippen molar-refractivity contribution in [3.8, 4) is 0 Å². The van der Waals surface area contributed by atoms with E-state index in [1.54, 1.807) is 0 Å². The zero-order valence-corrected chi connectivity index (χ0v) is 14.0. The fourth-order valence-corrected chi connectivity index (χ4v) is 1.10. The molecule has 7 nitrogen and oxygen atoms in total. The van der Waals surface area contributed by atoms with Crippen LogP contribution in [0.1, 0.15) is 40.5 Å². The number of imide groups is 1. The van der Waals surface area contributed by atoms with E-state index in [0.29, 0.717) is 12.8 Å². The third-order valence-electron chi connectivity index (χ3n) is 2.17. The molecule has 0 aromatic heterocycles. The molecule has 0 fully saturated rings. The first-order chi connectivity index (χ1) is 7.87. The fraction of sp³-hybridized carbons (Fsp3) is 0.818. The molecule has 0 saturated carbocycles. The normalized spacial score (nSPS) is 9.11. The molecule has 3 amide bonds. The molecular formula is C11H29BrN4O3. The predicted molar refractivity (Wildman–Crippen MR) is 82.2 cm³/mol. The highest BCUT2D eigenvalue weighted by Gasteiger charge is 2.32. The molecule has 0 spiro atoms. The Morgan fingerprint density at radius 3 is 1.63 bits per heavy atom. The highest BCUT2D eigenvalue weighted by atomic mass is 79.9. The van der Waals surface area contributed by atoms with Gasteiger partial charge in [0.2, 0.25) is 5.91 Å². The van der Waals surface area contributed by atoms with Crippen LogP contribution in [0, 0.1) is 0 Å². The van der Waals surface area contributed by atoms with Gasteiger partial charge in [0, 0.05) is 13.2 Å². The Morgan fingerprint density at radius 1 is 1.11 bits per heavy atom. The Bertz CT molecular complexity index is 234. The minimum atomic E-state index is -0.814. The van der Waals surface area contributed by atoms with E-state index in [1.165, 1.54) is 0 Å². The Kier molecular flexibility index (Phi) is 21.6. The largest absolute Gasteiger partial charge is 0.382 e. The standard InChI is InChI=1S/C7H13BrN2O2.C4H10O.2H3N/c1-3-7(8,4-2)5(11)10-6(9)12;1-3-5-4-2;;/h3-4H2,1-2H3,(H3,9,10,11,12);3-4H2,1-2H3;2*1H3. The van der Waals surface area contributed by atoms with Gasteiger partial charge >= 0.3 is 6.03 Å². The minimum Gasteiger partial charge on any atom is -0.382 e. The van der Waals surface area contributed by atoms with Crippen molar-refractivity contribution in [1.82, 2.24) is 17.6 Å².